The van der Waals surface area contributed by atoms with E-state index in [9.17, 15) is 10.3 Å². The lowest BCUT2D eigenvalue weighted by atomic mass is 10.2. The van der Waals surface area contributed by atoms with Crippen molar-refractivity contribution in [3.05, 3.63) is 30.0 Å². The first kappa shape index (κ1) is 7.03. The van der Waals surface area contributed by atoms with Crippen molar-refractivity contribution in [2.75, 3.05) is 0 Å². The van der Waals surface area contributed by atoms with Crippen LogP contribution in [0.2, 0.25) is 0 Å². The zero-order chi connectivity index (χ0) is 8.72. The number of hydrogen-bond donors (Lipinski definition) is 2. The Bertz CT molecular complexity index is 431. The van der Waals surface area contributed by atoms with Crippen LogP contribution < -0.4 is 0 Å². The van der Waals surface area contributed by atoms with Gasteiger partial charge in [-0.15, -0.1) is 0 Å². The van der Waals surface area contributed by atoms with Crippen molar-refractivity contribution in [3.63, 3.8) is 0 Å². The maximum atomic E-state index is 9.38. The van der Waals surface area contributed by atoms with Crippen molar-refractivity contribution in [1.29, 1.82) is 0 Å². The Labute approximate surface area is 69.4 Å². The Morgan fingerprint density at radius 3 is 2.75 bits per heavy atom. The number of rotatable bonds is 0. The molecule has 0 spiro atoms. The highest BCUT2D eigenvalue weighted by atomic mass is 16.5. The molecule has 0 bridgehead atoms. The predicted molar refractivity (Wildman–Crippen MR) is 45.5 cm³/mol. The molecule has 2 rings (SSSR count). The second kappa shape index (κ2) is 2.17. The SMILES string of the molecule is Cc1cn(O)c2c(O)cccc12. The summed E-state index contributed by atoms with van der Waals surface area (Å²) >= 11 is 0. The van der Waals surface area contributed by atoms with Gasteiger partial charge in [0.1, 0.15) is 11.3 Å². The predicted octanol–water partition coefficient (Wildman–Crippen LogP) is 1.89. The number of fused-ring (bicyclic) bond motifs is 1. The topological polar surface area (TPSA) is 45.4 Å². The van der Waals surface area contributed by atoms with E-state index in [1.165, 1.54) is 0 Å². The fourth-order valence-corrected chi connectivity index (χ4v) is 1.41. The van der Waals surface area contributed by atoms with Crippen LogP contribution in [0.25, 0.3) is 10.9 Å². The highest BCUT2D eigenvalue weighted by Gasteiger charge is 2.07. The van der Waals surface area contributed by atoms with Crippen molar-refractivity contribution in [2.24, 2.45) is 0 Å². The monoisotopic (exact) mass is 163 g/mol. The van der Waals surface area contributed by atoms with Gasteiger partial charge >= 0.3 is 0 Å². The van der Waals surface area contributed by atoms with Crippen molar-refractivity contribution in [3.8, 4) is 5.75 Å². The lowest BCUT2D eigenvalue weighted by molar-refractivity contribution is 0.198. The number of hydrogen-bond acceptors (Lipinski definition) is 2. The van der Waals surface area contributed by atoms with E-state index in [1.807, 2.05) is 13.0 Å². The van der Waals surface area contributed by atoms with Crippen LogP contribution in [0.15, 0.2) is 24.4 Å². The molecule has 1 heterocycles. The van der Waals surface area contributed by atoms with Crippen LogP contribution in [-0.4, -0.2) is 15.0 Å². The summed E-state index contributed by atoms with van der Waals surface area (Å²) in [6.45, 7) is 1.88. The first-order chi connectivity index (χ1) is 5.70. The van der Waals surface area contributed by atoms with Crippen LogP contribution in [0.5, 0.6) is 5.75 Å². The summed E-state index contributed by atoms with van der Waals surface area (Å²) in [4.78, 5) is 0. The molecule has 0 aliphatic carbocycles. The van der Waals surface area contributed by atoms with Crippen LogP contribution in [0.1, 0.15) is 5.56 Å². The standard InChI is InChI=1S/C9H9NO2/c1-6-5-10(12)9-7(6)3-2-4-8(9)11/h2-5,11-12H,1H3. The third-order valence-electron chi connectivity index (χ3n) is 1.98. The van der Waals surface area contributed by atoms with E-state index in [2.05, 4.69) is 0 Å². The van der Waals surface area contributed by atoms with Crippen LogP contribution >= 0.6 is 0 Å². The Kier molecular flexibility index (Phi) is 1.27. The number of para-hydroxylation sites is 1. The Morgan fingerprint density at radius 1 is 1.33 bits per heavy atom. The molecule has 12 heavy (non-hydrogen) atoms. The fourth-order valence-electron chi connectivity index (χ4n) is 1.41. The van der Waals surface area contributed by atoms with Crippen molar-refractivity contribution in [1.82, 2.24) is 4.73 Å². The van der Waals surface area contributed by atoms with E-state index < -0.39 is 0 Å². The average Bonchev–Trinajstić information content (AvgIpc) is 2.29. The summed E-state index contributed by atoms with van der Waals surface area (Å²) in [6, 6.07) is 5.16. The molecule has 3 nitrogen and oxygen atoms in total. The van der Waals surface area contributed by atoms with Crippen LogP contribution in [0.3, 0.4) is 0 Å². The number of aromatic hydroxyl groups is 1. The summed E-state index contributed by atoms with van der Waals surface area (Å²) in [5, 5.41) is 19.6. The van der Waals surface area contributed by atoms with Gasteiger partial charge in [0.15, 0.2) is 0 Å². The number of nitrogens with zero attached hydrogens (tertiary/aromatic N) is 1. The van der Waals surface area contributed by atoms with Gasteiger partial charge in [0.05, 0.1) is 0 Å². The summed E-state index contributed by atoms with van der Waals surface area (Å²) in [7, 11) is 0. The van der Waals surface area contributed by atoms with Crippen LogP contribution in [0, 0.1) is 6.92 Å². The minimum atomic E-state index is 0.100. The molecule has 62 valence electrons. The normalized spacial score (nSPS) is 10.8. The van der Waals surface area contributed by atoms with E-state index in [-0.39, 0.29) is 5.75 Å². The Balaban J connectivity index is 2.99. The molecule has 0 amide bonds. The lowest BCUT2D eigenvalue weighted by Gasteiger charge is -1.96. The molecule has 0 aliphatic rings. The molecule has 2 N–H and O–H groups in total. The molecule has 0 saturated carbocycles. The van der Waals surface area contributed by atoms with Gasteiger partial charge < -0.3 is 10.3 Å². The third-order valence-corrected chi connectivity index (χ3v) is 1.98. The molecule has 0 aliphatic heterocycles. The molecule has 0 radical (unpaired) electrons. The molecular weight excluding hydrogens is 154 g/mol. The highest BCUT2D eigenvalue weighted by Crippen LogP contribution is 2.27. The number of aromatic nitrogens is 1. The zero-order valence-corrected chi connectivity index (χ0v) is 6.65. The molecular formula is C9H9NO2. The number of phenols is 1. The van der Waals surface area contributed by atoms with Crippen molar-refractivity contribution < 1.29 is 10.3 Å². The molecule has 0 saturated heterocycles. The number of aryl methyl sites for hydroxylation is 1. The summed E-state index contributed by atoms with van der Waals surface area (Å²) < 4.78 is 0.944. The Hall–Kier alpha value is -1.64. The van der Waals surface area contributed by atoms with Crippen molar-refractivity contribution in [2.45, 2.75) is 6.92 Å². The maximum Gasteiger partial charge on any atom is 0.143 e. The van der Waals surface area contributed by atoms with Crippen molar-refractivity contribution >= 4 is 10.9 Å². The highest BCUT2D eigenvalue weighted by molar-refractivity contribution is 5.88. The summed E-state index contributed by atoms with van der Waals surface area (Å²) in [5.41, 5.74) is 1.42. The molecule has 1 aromatic heterocycles. The molecule has 2 aromatic rings. The second-order valence-corrected chi connectivity index (χ2v) is 2.83. The minimum Gasteiger partial charge on any atom is -0.506 e. The summed E-state index contributed by atoms with van der Waals surface area (Å²) in [6.07, 6.45) is 1.57. The summed E-state index contributed by atoms with van der Waals surface area (Å²) in [5.74, 6) is 0.100. The molecule has 1 aromatic carbocycles. The molecule has 0 unspecified atom stereocenters. The zero-order valence-electron chi connectivity index (χ0n) is 6.65. The van der Waals surface area contributed by atoms with Gasteiger partial charge in [-0.2, -0.15) is 4.73 Å². The average molecular weight is 163 g/mol. The van der Waals surface area contributed by atoms with E-state index in [0.717, 1.165) is 15.7 Å². The minimum absolute atomic E-state index is 0.100. The van der Waals surface area contributed by atoms with Crippen LogP contribution in [-0.2, 0) is 0 Å². The Morgan fingerprint density at radius 2 is 2.08 bits per heavy atom. The van der Waals surface area contributed by atoms with E-state index >= 15 is 0 Å². The largest absolute Gasteiger partial charge is 0.506 e. The third kappa shape index (κ3) is 0.763. The fraction of sp³-hybridized carbons (Fsp3) is 0.111. The van der Waals surface area contributed by atoms with Gasteiger partial charge in [0.25, 0.3) is 0 Å². The quantitative estimate of drug-likeness (QED) is 0.582. The second-order valence-electron chi connectivity index (χ2n) is 2.83. The van der Waals surface area contributed by atoms with Gasteiger partial charge in [0.2, 0.25) is 0 Å². The molecule has 0 atom stereocenters. The van der Waals surface area contributed by atoms with Gasteiger partial charge in [-0.3, -0.25) is 0 Å². The molecule has 3 heteroatoms. The first-order valence-electron chi connectivity index (χ1n) is 3.69. The van der Waals surface area contributed by atoms with Gasteiger partial charge in [0, 0.05) is 11.6 Å². The molecule has 0 fully saturated rings. The van der Waals surface area contributed by atoms with E-state index in [0.29, 0.717) is 5.52 Å². The lowest BCUT2D eigenvalue weighted by Crippen LogP contribution is -1.85. The smallest absolute Gasteiger partial charge is 0.143 e. The van der Waals surface area contributed by atoms with Gasteiger partial charge in [-0.25, -0.2) is 0 Å². The number of phenolic OH excluding ortho intramolecular Hbond substituents is 1. The maximum absolute atomic E-state index is 9.38. The van der Waals surface area contributed by atoms with Gasteiger partial charge in [-0.05, 0) is 18.6 Å². The van der Waals surface area contributed by atoms with Crippen LogP contribution in [0.4, 0.5) is 0 Å². The van der Waals surface area contributed by atoms with Gasteiger partial charge in [-0.1, -0.05) is 12.1 Å². The first-order valence-corrected chi connectivity index (χ1v) is 3.69. The van der Waals surface area contributed by atoms with E-state index in [4.69, 9.17) is 0 Å². The van der Waals surface area contributed by atoms with E-state index in [1.54, 1.807) is 18.3 Å². The number of benzene rings is 1.